The SMILES string of the molecule is CCCCCCCC/C=C/CCCCCCCCCCCC(=O)OC(CCCCC/C=C/C=C/CCCCCCCCC)CC(=O)NC(CO)C(O)CCCCCCCCCCCCCCC. The third-order valence-electron chi connectivity index (χ3n) is 13.7. The van der Waals surface area contributed by atoms with E-state index in [-0.39, 0.29) is 24.9 Å². The van der Waals surface area contributed by atoms with Gasteiger partial charge >= 0.3 is 5.97 Å². The topological polar surface area (TPSA) is 95.9 Å². The summed E-state index contributed by atoms with van der Waals surface area (Å²) in [5.41, 5.74) is 0. The van der Waals surface area contributed by atoms with Crippen LogP contribution in [0.1, 0.15) is 316 Å². The van der Waals surface area contributed by atoms with E-state index in [0.29, 0.717) is 19.3 Å². The van der Waals surface area contributed by atoms with Crippen molar-refractivity contribution in [3.63, 3.8) is 0 Å². The molecule has 0 heterocycles. The largest absolute Gasteiger partial charge is 0.462 e. The Morgan fingerprint density at radius 1 is 0.433 bits per heavy atom. The molecule has 0 aliphatic rings. The summed E-state index contributed by atoms with van der Waals surface area (Å²) in [6, 6.07) is -0.709. The summed E-state index contributed by atoms with van der Waals surface area (Å²) in [4.78, 5) is 26.3. The van der Waals surface area contributed by atoms with Gasteiger partial charge in [-0.3, -0.25) is 9.59 Å². The lowest BCUT2D eigenvalue weighted by Gasteiger charge is -2.24. The van der Waals surface area contributed by atoms with Crippen LogP contribution in [0.4, 0.5) is 0 Å². The number of nitrogens with one attached hydrogen (secondary N) is 1. The quantitative estimate of drug-likeness (QED) is 0.0244. The maximum Gasteiger partial charge on any atom is 0.306 e. The van der Waals surface area contributed by atoms with Crippen molar-refractivity contribution >= 4 is 11.9 Å². The maximum absolute atomic E-state index is 13.3. The number of allylic oxidation sites excluding steroid dienone is 6. The van der Waals surface area contributed by atoms with E-state index in [1.54, 1.807) is 0 Å². The first-order valence-corrected chi connectivity index (χ1v) is 29.7. The molecule has 0 aliphatic heterocycles. The smallest absolute Gasteiger partial charge is 0.306 e. The zero-order valence-electron chi connectivity index (χ0n) is 45.0. The molecule has 0 aromatic carbocycles. The van der Waals surface area contributed by atoms with Gasteiger partial charge in [-0.25, -0.2) is 0 Å². The van der Waals surface area contributed by atoms with Crippen LogP contribution in [0.3, 0.4) is 0 Å². The van der Waals surface area contributed by atoms with E-state index in [1.807, 2.05) is 0 Å². The number of aliphatic hydroxyl groups excluding tert-OH is 2. The number of hydrogen-bond donors (Lipinski definition) is 3. The summed E-state index contributed by atoms with van der Waals surface area (Å²) in [7, 11) is 0. The highest BCUT2D eigenvalue weighted by Gasteiger charge is 2.24. The van der Waals surface area contributed by atoms with E-state index in [9.17, 15) is 19.8 Å². The molecule has 3 unspecified atom stereocenters. The van der Waals surface area contributed by atoms with Crippen molar-refractivity contribution in [2.45, 2.75) is 334 Å². The number of amides is 1. The fourth-order valence-corrected chi connectivity index (χ4v) is 9.18. The molecule has 0 saturated carbocycles. The number of carbonyl (C=O) groups excluding carboxylic acids is 2. The van der Waals surface area contributed by atoms with Crippen LogP contribution in [-0.4, -0.2) is 46.9 Å². The van der Waals surface area contributed by atoms with Crippen molar-refractivity contribution in [1.29, 1.82) is 0 Å². The molecule has 0 saturated heterocycles. The molecule has 6 nitrogen and oxygen atoms in total. The zero-order chi connectivity index (χ0) is 48.8. The number of aliphatic hydroxyl groups is 2. The summed E-state index contributed by atoms with van der Waals surface area (Å²) in [5.74, 6) is -0.487. The highest BCUT2D eigenvalue weighted by Crippen LogP contribution is 2.18. The summed E-state index contributed by atoms with van der Waals surface area (Å²) in [6.07, 6.45) is 66.4. The lowest BCUT2D eigenvalue weighted by molar-refractivity contribution is -0.151. The predicted octanol–water partition coefficient (Wildman–Crippen LogP) is 18.4. The Kier molecular flexibility index (Phi) is 53.4. The van der Waals surface area contributed by atoms with Crippen LogP contribution in [0.15, 0.2) is 36.5 Å². The van der Waals surface area contributed by atoms with Gasteiger partial charge < -0.3 is 20.3 Å². The Bertz CT molecular complexity index is 1100. The number of hydrogen-bond acceptors (Lipinski definition) is 5. The molecule has 0 radical (unpaired) electrons. The Hall–Kier alpha value is -1.92. The minimum absolute atomic E-state index is 0.0621. The number of esters is 1. The van der Waals surface area contributed by atoms with Crippen molar-refractivity contribution in [2.24, 2.45) is 0 Å². The molecule has 0 aliphatic carbocycles. The van der Waals surface area contributed by atoms with Crippen LogP contribution in [0.25, 0.3) is 0 Å². The molecule has 3 atom stereocenters. The monoisotopic (exact) mass is 942 g/mol. The lowest BCUT2D eigenvalue weighted by Crippen LogP contribution is -2.46. The molecule has 67 heavy (non-hydrogen) atoms. The first kappa shape index (κ1) is 65.1. The number of ether oxygens (including phenoxy) is 1. The van der Waals surface area contributed by atoms with Crippen LogP contribution in [0.2, 0.25) is 0 Å². The first-order chi connectivity index (χ1) is 33.0. The lowest BCUT2D eigenvalue weighted by atomic mass is 10.0. The number of carbonyl (C=O) groups is 2. The Morgan fingerprint density at radius 2 is 0.761 bits per heavy atom. The highest BCUT2D eigenvalue weighted by molar-refractivity contribution is 5.77. The molecule has 3 N–H and O–H groups in total. The normalized spacial score (nSPS) is 13.3. The Balaban J connectivity index is 4.56. The van der Waals surface area contributed by atoms with Crippen LogP contribution >= 0.6 is 0 Å². The third-order valence-corrected chi connectivity index (χ3v) is 13.7. The second-order valence-corrected chi connectivity index (χ2v) is 20.4. The number of unbranched alkanes of at least 4 members (excludes halogenated alkanes) is 37. The van der Waals surface area contributed by atoms with Crippen LogP contribution in [-0.2, 0) is 14.3 Å². The van der Waals surface area contributed by atoms with Gasteiger partial charge in [0.05, 0.1) is 25.2 Å². The molecule has 0 spiro atoms. The van der Waals surface area contributed by atoms with Gasteiger partial charge in [0.1, 0.15) is 6.10 Å². The second-order valence-electron chi connectivity index (χ2n) is 20.4. The molecule has 0 aromatic heterocycles. The van der Waals surface area contributed by atoms with Crippen molar-refractivity contribution in [2.75, 3.05) is 6.61 Å². The van der Waals surface area contributed by atoms with E-state index in [2.05, 4.69) is 62.5 Å². The zero-order valence-corrected chi connectivity index (χ0v) is 45.0. The molecule has 0 bridgehead atoms. The van der Waals surface area contributed by atoms with Crippen molar-refractivity contribution in [3.05, 3.63) is 36.5 Å². The fraction of sp³-hybridized carbons (Fsp3) is 0.869. The van der Waals surface area contributed by atoms with Gasteiger partial charge in [-0.1, -0.05) is 263 Å². The van der Waals surface area contributed by atoms with Gasteiger partial charge in [0.15, 0.2) is 0 Å². The van der Waals surface area contributed by atoms with Crippen LogP contribution < -0.4 is 5.32 Å². The summed E-state index contributed by atoms with van der Waals surface area (Å²) in [6.45, 7) is 6.50. The van der Waals surface area contributed by atoms with Crippen molar-refractivity contribution in [1.82, 2.24) is 5.32 Å². The molecule has 1 amide bonds. The van der Waals surface area contributed by atoms with Crippen molar-refractivity contribution in [3.8, 4) is 0 Å². The van der Waals surface area contributed by atoms with Gasteiger partial charge in [-0.15, -0.1) is 0 Å². The summed E-state index contributed by atoms with van der Waals surface area (Å²) >= 11 is 0. The summed E-state index contributed by atoms with van der Waals surface area (Å²) < 4.78 is 5.96. The highest BCUT2D eigenvalue weighted by atomic mass is 16.5. The van der Waals surface area contributed by atoms with Crippen LogP contribution in [0, 0.1) is 0 Å². The Morgan fingerprint density at radius 3 is 1.16 bits per heavy atom. The van der Waals surface area contributed by atoms with Gasteiger partial charge in [-0.2, -0.15) is 0 Å². The molecule has 0 rings (SSSR count). The maximum atomic E-state index is 13.3. The van der Waals surface area contributed by atoms with E-state index in [4.69, 9.17) is 4.74 Å². The predicted molar refractivity (Wildman–Crippen MR) is 292 cm³/mol. The van der Waals surface area contributed by atoms with E-state index in [1.165, 1.54) is 199 Å². The Labute approximate surface area is 417 Å². The minimum atomic E-state index is -0.794. The molecule has 394 valence electrons. The molecule has 0 aromatic rings. The summed E-state index contributed by atoms with van der Waals surface area (Å²) in [5, 5.41) is 23.9. The molecule has 6 heteroatoms. The first-order valence-electron chi connectivity index (χ1n) is 29.7. The van der Waals surface area contributed by atoms with Gasteiger partial charge in [0, 0.05) is 6.42 Å². The fourth-order valence-electron chi connectivity index (χ4n) is 9.18. The van der Waals surface area contributed by atoms with Crippen LogP contribution in [0.5, 0.6) is 0 Å². The standard InChI is InChI=1S/C61H115NO5/c1-4-7-10-13-16-19-22-25-27-29-30-31-33-36-39-42-45-48-51-54-61(66)67-57(52-49-46-43-40-37-35-32-28-26-23-20-17-14-11-8-5-2)55-60(65)62-58(56-63)59(64)53-50-47-44-41-38-34-24-21-18-15-12-9-6-3/h25,27-28,32,35,37,57-59,63-64H,4-24,26,29-31,33-34,36,38-56H2,1-3H3,(H,62,65)/b27-25+,32-28+,37-35+. The average molecular weight is 943 g/mol. The third kappa shape index (κ3) is 50.3. The molecular formula is C61H115NO5. The van der Waals surface area contributed by atoms with Gasteiger partial charge in [-0.05, 0) is 77.0 Å². The number of rotatable bonds is 54. The van der Waals surface area contributed by atoms with Crippen molar-refractivity contribution < 1.29 is 24.5 Å². The average Bonchev–Trinajstić information content (AvgIpc) is 3.32. The van der Waals surface area contributed by atoms with E-state index >= 15 is 0 Å². The molecule has 0 fully saturated rings. The molecular weight excluding hydrogens is 827 g/mol. The van der Waals surface area contributed by atoms with E-state index in [0.717, 1.165) is 70.6 Å². The van der Waals surface area contributed by atoms with Gasteiger partial charge in [0.25, 0.3) is 0 Å². The second kappa shape index (κ2) is 55.0. The minimum Gasteiger partial charge on any atom is -0.462 e. The van der Waals surface area contributed by atoms with E-state index < -0.39 is 18.2 Å². The van der Waals surface area contributed by atoms with Gasteiger partial charge in [0.2, 0.25) is 5.91 Å².